The Balaban J connectivity index is 3.25. The van der Waals surface area contributed by atoms with Crippen LogP contribution in [0.5, 0.6) is 5.75 Å². The highest BCUT2D eigenvalue weighted by atomic mass is 16.6. The Morgan fingerprint density at radius 1 is 1.13 bits per heavy atom. The third kappa shape index (κ3) is 7.22. The first-order valence-electron chi connectivity index (χ1n) is 9.90. The van der Waals surface area contributed by atoms with Gasteiger partial charge < -0.3 is 30.5 Å². The standard InChI is InChI=1S/C21H33N3O6/c1-7-24(19(28)15(12-25)23-20(29)30-21(4,5)6)17(18(27)22-13(2)3)14-10-8-9-11-16(14)26/h8-11,13,15,17,25-26H,7,12H2,1-6H3,(H,22,27)(H,23,29). The van der Waals surface area contributed by atoms with Crippen molar-refractivity contribution in [1.82, 2.24) is 15.5 Å². The van der Waals surface area contributed by atoms with Crippen LogP contribution >= 0.6 is 0 Å². The fraction of sp³-hybridized carbons (Fsp3) is 0.571. The Labute approximate surface area is 177 Å². The molecule has 0 saturated heterocycles. The zero-order valence-electron chi connectivity index (χ0n) is 18.4. The zero-order valence-corrected chi connectivity index (χ0v) is 18.4. The van der Waals surface area contributed by atoms with E-state index in [2.05, 4.69) is 10.6 Å². The largest absolute Gasteiger partial charge is 0.508 e. The van der Waals surface area contributed by atoms with Gasteiger partial charge in [0.1, 0.15) is 23.4 Å². The predicted molar refractivity (Wildman–Crippen MR) is 112 cm³/mol. The summed E-state index contributed by atoms with van der Waals surface area (Å²) in [5.41, 5.74) is -0.549. The van der Waals surface area contributed by atoms with Crippen molar-refractivity contribution >= 4 is 17.9 Å². The van der Waals surface area contributed by atoms with Crippen molar-refractivity contribution in [1.29, 1.82) is 0 Å². The van der Waals surface area contributed by atoms with Crippen LogP contribution in [-0.4, -0.2) is 63.9 Å². The summed E-state index contributed by atoms with van der Waals surface area (Å²) < 4.78 is 5.15. The number of amides is 3. The maximum Gasteiger partial charge on any atom is 0.408 e. The average molecular weight is 424 g/mol. The van der Waals surface area contributed by atoms with E-state index in [1.807, 2.05) is 0 Å². The number of phenolic OH excluding ortho intramolecular Hbond substituents is 1. The molecule has 0 fully saturated rings. The predicted octanol–water partition coefficient (Wildman–Crippen LogP) is 1.69. The Bertz CT molecular complexity index is 745. The number of rotatable bonds is 8. The van der Waals surface area contributed by atoms with Crippen LogP contribution < -0.4 is 10.6 Å². The van der Waals surface area contributed by atoms with Gasteiger partial charge in [0.15, 0.2) is 0 Å². The average Bonchev–Trinajstić information content (AvgIpc) is 2.62. The molecule has 1 rings (SSSR count). The van der Waals surface area contributed by atoms with Gasteiger partial charge in [-0.15, -0.1) is 0 Å². The Morgan fingerprint density at radius 3 is 2.20 bits per heavy atom. The van der Waals surface area contributed by atoms with E-state index in [0.717, 1.165) is 0 Å². The number of ether oxygens (including phenoxy) is 1. The number of para-hydroxylation sites is 1. The summed E-state index contributed by atoms with van der Waals surface area (Å²) in [7, 11) is 0. The molecular weight excluding hydrogens is 390 g/mol. The number of benzene rings is 1. The van der Waals surface area contributed by atoms with Crippen molar-refractivity contribution in [2.45, 2.75) is 65.3 Å². The van der Waals surface area contributed by atoms with Crippen LogP contribution in [0.2, 0.25) is 0 Å². The van der Waals surface area contributed by atoms with Crippen molar-refractivity contribution in [2.75, 3.05) is 13.2 Å². The molecule has 0 aromatic heterocycles. The van der Waals surface area contributed by atoms with E-state index in [1.165, 1.54) is 11.0 Å². The van der Waals surface area contributed by atoms with Gasteiger partial charge in [-0.3, -0.25) is 9.59 Å². The van der Waals surface area contributed by atoms with Gasteiger partial charge in [0.25, 0.3) is 0 Å². The molecule has 0 aliphatic rings. The van der Waals surface area contributed by atoms with Crippen molar-refractivity contribution < 1.29 is 29.3 Å². The fourth-order valence-electron chi connectivity index (χ4n) is 2.83. The van der Waals surface area contributed by atoms with Gasteiger partial charge in [0.2, 0.25) is 11.8 Å². The molecule has 4 N–H and O–H groups in total. The van der Waals surface area contributed by atoms with E-state index in [0.29, 0.717) is 0 Å². The maximum absolute atomic E-state index is 13.2. The molecule has 168 valence electrons. The lowest BCUT2D eigenvalue weighted by Gasteiger charge is -2.33. The van der Waals surface area contributed by atoms with Crippen LogP contribution in [0.4, 0.5) is 4.79 Å². The summed E-state index contributed by atoms with van der Waals surface area (Å²) in [5.74, 6) is -1.32. The number of alkyl carbamates (subject to hydrolysis) is 1. The van der Waals surface area contributed by atoms with Crippen molar-refractivity contribution in [3.8, 4) is 5.75 Å². The van der Waals surface area contributed by atoms with Gasteiger partial charge in [0, 0.05) is 18.2 Å². The second kappa shape index (κ2) is 10.8. The summed E-state index contributed by atoms with van der Waals surface area (Å²) >= 11 is 0. The molecule has 1 aromatic rings. The number of hydrogen-bond donors (Lipinski definition) is 4. The zero-order chi connectivity index (χ0) is 23.1. The molecule has 9 heteroatoms. The third-order valence-corrected chi connectivity index (χ3v) is 4.02. The number of aliphatic hydroxyl groups excluding tert-OH is 1. The molecule has 1 aromatic carbocycles. The number of nitrogens with zero attached hydrogens (tertiary/aromatic N) is 1. The molecule has 0 radical (unpaired) electrons. The molecular formula is C21H33N3O6. The summed E-state index contributed by atoms with van der Waals surface area (Å²) in [6, 6.07) is 3.55. The van der Waals surface area contributed by atoms with Crippen LogP contribution in [0.25, 0.3) is 0 Å². The normalized spacial score (nSPS) is 13.3. The van der Waals surface area contributed by atoms with Gasteiger partial charge >= 0.3 is 6.09 Å². The minimum absolute atomic E-state index is 0.0931. The van der Waals surface area contributed by atoms with E-state index in [9.17, 15) is 24.6 Å². The Morgan fingerprint density at radius 2 is 1.73 bits per heavy atom. The molecule has 0 heterocycles. The number of aromatic hydroxyl groups is 1. The first kappa shape index (κ1) is 25.2. The second-order valence-electron chi connectivity index (χ2n) is 8.13. The van der Waals surface area contributed by atoms with Crippen molar-refractivity contribution in [3.63, 3.8) is 0 Å². The van der Waals surface area contributed by atoms with Gasteiger partial charge in [-0.25, -0.2) is 4.79 Å². The van der Waals surface area contributed by atoms with E-state index < -0.39 is 42.2 Å². The van der Waals surface area contributed by atoms with Crippen molar-refractivity contribution in [3.05, 3.63) is 29.8 Å². The molecule has 0 spiro atoms. The smallest absolute Gasteiger partial charge is 0.408 e. The van der Waals surface area contributed by atoms with Crippen molar-refractivity contribution in [2.24, 2.45) is 0 Å². The molecule has 0 saturated carbocycles. The fourth-order valence-corrected chi connectivity index (χ4v) is 2.83. The molecule has 30 heavy (non-hydrogen) atoms. The summed E-state index contributed by atoms with van der Waals surface area (Å²) in [5, 5.41) is 25.1. The highest BCUT2D eigenvalue weighted by Crippen LogP contribution is 2.29. The number of hydrogen-bond acceptors (Lipinski definition) is 6. The quantitative estimate of drug-likeness (QED) is 0.504. The maximum atomic E-state index is 13.2. The Hall–Kier alpha value is -2.81. The lowest BCUT2D eigenvalue weighted by atomic mass is 10.0. The molecule has 0 aliphatic heterocycles. The van der Waals surface area contributed by atoms with Gasteiger partial charge in [-0.05, 0) is 47.6 Å². The summed E-state index contributed by atoms with van der Waals surface area (Å²) in [4.78, 5) is 39.4. The molecule has 0 bridgehead atoms. The molecule has 9 nitrogen and oxygen atoms in total. The number of carbonyl (C=O) groups excluding carboxylic acids is 3. The lowest BCUT2D eigenvalue weighted by molar-refractivity contribution is -0.143. The third-order valence-electron chi connectivity index (χ3n) is 4.02. The minimum atomic E-state index is -1.32. The highest BCUT2D eigenvalue weighted by Gasteiger charge is 2.36. The van der Waals surface area contributed by atoms with Gasteiger partial charge in [0.05, 0.1) is 6.61 Å². The van der Waals surface area contributed by atoms with Crippen LogP contribution in [0.15, 0.2) is 24.3 Å². The molecule has 3 amide bonds. The topological polar surface area (TPSA) is 128 Å². The SMILES string of the molecule is CCN(C(=O)C(CO)NC(=O)OC(C)(C)C)C(C(=O)NC(C)C)c1ccccc1O. The number of likely N-dealkylation sites (N-methyl/N-ethyl adjacent to an activating group) is 1. The first-order valence-corrected chi connectivity index (χ1v) is 9.90. The van der Waals surface area contributed by atoms with Crippen LogP contribution in [0, 0.1) is 0 Å². The lowest BCUT2D eigenvalue weighted by Crippen LogP contribution is -2.54. The number of nitrogens with one attached hydrogen (secondary N) is 2. The number of carbonyl (C=O) groups is 3. The molecule has 2 atom stereocenters. The second-order valence-corrected chi connectivity index (χ2v) is 8.13. The van der Waals surface area contributed by atoms with Gasteiger partial charge in [-0.1, -0.05) is 18.2 Å². The number of aliphatic hydroxyl groups is 1. The number of phenols is 1. The molecule has 2 unspecified atom stereocenters. The summed E-state index contributed by atoms with van der Waals surface area (Å²) in [6.45, 7) is 9.64. The van der Waals surface area contributed by atoms with E-state index >= 15 is 0 Å². The van der Waals surface area contributed by atoms with E-state index in [-0.39, 0.29) is 23.9 Å². The summed E-state index contributed by atoms with van der Waals surface area (Å²) in [6.07, 6.45) is -0.864. The van der Waals surface area contributed by atoms with Gasteiger partial charge in [-0.2, -0.15) is 0 Å². The van der Waals surface area contributed by atoms with Crippen LogP contribution in [0.3, 0.4) is 0 Å². The Kier molecular flexibility index (Phi) is 9.10. The molecule has 0 aliphatic carbocycles. The monoisotopic (exact) mass is 423 g/mol. The first-order chi connectivity index (χ1) is 13.9. The van der Waals surface area contributed by atoms with Crippen LogP contribution in [-0.2, 0) is 14.3 Å². The van der Waals surface area contributed by atoms with E-state index in [1.54, 1.807) is 59.7 Å². The highest BCUT2D eigenvalue weighted by molar-refractivity contribution is 5.92. The van der Waals surface area contributed by atoms with E-state index in [4.69, 9.17) is 4.74 Å². The van der Waals surface area contributed by atoms with Crippen LogP contribution in [0.1, 0.15) is 53.1 Å². The minimum Gasteiger partial charge on any atom is -0.508 e.